The van der Waals surface area contributed by atoms with Gasteiger partial charge < -0.3 is 33.9 Å². The van der Waals surface area contributed by atoms with E-state index >= 15 is 0 Å². The van der Waals surface area contributed by atoms with E-state index in [2.05, 4.69) is 5.32 Å². The number of carbonyl (C=O) groups is 2. The Labute approximate surface area is 190 Å². The van der Waals surface area contributed by atoms with Crippen LogP contribution in [0.15, 0.2) is 42.6 Å². The van der Waals surface area contributed by atoms with Crippen LogP contribution in [-0.2, 0) is 4.79 Å². The lowest BCUT2D eigenvalue weighted by atomic mass is 9.88. The lowest BCUT2D eigenvalue weighted by molar-refractivity contribution is -0.116. The van der Waals surface area contributed by atoms with Gasteiger partial charge >= 0.3 is 5.97 Å². The van der Waals surface area contributed by atoms with E-state index in [4.69, 9.17) is 18.9 Å². The van der Waals surface area contributed by atoms with Crippen LogP contribution in [0.1, 0.15) is 34.0 Å². The molecule has 0 aliphatic carbocycles. The highest BCUT2D eigenvalue weighted by Gasteiger charge is 2.35. The molecule has 9 heteroatoms. The number of rotatable bonds is 7. The third-order valence-corrected chi connectivity index (χ3v) is 5.71. The van der Waals surface area contributed by atoms with Gasteiger partial charge in [-0.1, -0.05) is 6.07 Å². The van der Waals surface area contributed by atoms with Crippen LogP contribution in [-0.4, -0.2) is 50.0 Å². The van der Waals surface area contributed by atoms with Crippen molar-refractivity contribution in [1.82, 2.24) is 4.57 Å². The first-order valence-electron chi connectivity index (χ1n) is 10.1. The topological polar surface area (TPSA) is 108 Å². The molecule has 9 nitrogen and oxygen atoms in total. The Hall–Kier alpha value is -4.14. The Morgan fingerprint density at radius 1 is 0.970 bits per heavy atom. The van der Waals surface area contributed by atoms with Gasteiger partial charge in [0.15, 0.2) is 11.5 Å². The number of methoxy groups -OCH3 is 4. The minimum Gasteiger partial charge on any atom is -0.497 e. The van der Waals surface area contributed by atoms with Gasteiger partial charge in [-0.2, -0.15) is 0 Å². The van der Waals surface area contributed by atoms with Crippen molar-refractivity contribution >= 4 is 17.6 Å². The van der Waals surface area contributed by atoms with E-state index in [-0.39, 0.29) is 23.6 Å². The summed E-state index contributed by atoms with van der Waals surface area (Å²) in [6.45, 7) is 0. The van der Waals surface area contributed by atoms with Gasteiger partial charge in [-0.05, 0) is 29.8 Å². The Morgan fingerprint density at radius 2 is 1.70 bits per heavy atom. The molecule has 2 N–H and O–H groups in total. The summed E-state index contributed by atoms with van der Waals surface area (Å²) < 4.78 is 23.4. The Kier molecular flexibility index (Phi) is 5.87. The maximum Gasteiger partial charge on any atom is 0.339 e. The number of nitrogens with zero attached hydrogens (tertiary/aromatic N) is 1. The number of aromatic nitrogens is 1. The number of amides is 1. The summed E-state index contributed by atoms with van der Waals surface area (Å²) in [6.07, 6.45) is 1.63. The van der Waals surface area contributed by atoms with Crippen LogP contribution in [0, 0.1) is 0 Å². The Bertz CT molecular complexity index is 1230. The number of aromatic carboxylic acids is 1. The van der Waals surface area contributed by atoms with Crippen LogP contribution in [0.3, 0.4) is 0 Å². The number of carboxylic acid groups (broad SMARTS) is 1. The van der Waals surface area contributed by atoms with Crippen molar-refractivity contribution in [2.24, 2.45) is 0 Å². The van der Waals surface area contributed by atoms with Gasteiger partial charge in [0, 0.05) is 24.6 Å². The lowest BCUT2D eigenvalue weighted by Crippen LogP contribution is -2.25. The molecule has 1 atom stereocenters. The Morgan fingerprint density at radius 3 is 2.33 bits per heavy atom. The molecule has 0 spiro atoms. The number of benzene rings is 2. The van der Waals surface area contributed by atoms with E-state index in [0.717, 1.165) is 5.56 Å². The third kappa shape index (κ3) is 3.82. The van der Waals surface area contributed by atoms with Crippen LogP contribution in [0.25, 0.3) is 5.69 Å². The van der Waals surface area contributed by atoms with E-state index in [1.165, 1.54) is 20.4 Å². The first-order valence-corrected chi connectivity index (χ1v) is 10.1. The summed E-state index contributed by atoms with van der Waals surface area (Å²) >= 11 is 0. The van der Waals surface area contributed by atoms with Crippen LogP contribution >= 0.6 is 0 Å². The summed E-state index contributed by atoms with van der Waals surface area (Å²) in [5.74, 6) is 0.302. The highest BCUT2D eigenvalue weighted by Crippen LogP contribution is 2.44. The molecule has 2 aromatic carbocycles. The molecular formula is C24H24N2O7. The summed E-state index contributed by atoms with van der Waals surface area (Å²) in [4.78, 5) is 24.7. The second kappa shape index (κ2) is 8.78. The maximum atomic E-state index is 12.6. The minimum absolute atomic E-state index is 0.0126. The van der Waals surface area contributed by atoms with Crippen molar-refractivity contribution < 1.29 is 33.6 Å². The highest BCUT2D eigenvalue weighted by molar-refractivity contribution is 6.04. The summed E-state index contributed by atoms with van der Waals surface area (Å²) in [6, 6.07) is 10.7. The van der Waals surface area contributed by atoms with E-state index in [1.807, 2.05) is 6.07 Å². The standard InChI is InChI=1S/C24H24N2O7/c1-30-14-6-7-17(19(10-14)32-3)26-12-16(24(28)29)22-23(26)15(11-21(27)25-22)13-5-8-18(31-2)20(9-13)33-4/h5-10,12,15H,11H2,1-4H3,(H,25,27)(H,28,29). The molecule has 0 saturated carbocycles. The van der Waals surface area contributed by atoms with Crippen molar-refractivity contribution in [3.8, 4) is 28.7 Å². The van der Waals surface area contributed by atoms with Crippen molar-refractivity contribution in [3.05, 3.63) is 59.4 Å². The second-order valence-corrected chi connectivity index (χ2v) is 7.44. The van der Waals surface area contributed by atoms with Crippen LogP contribution in [0.5, 0.6) is 23.0 Å². The van der Waals surface area contributed by atoms with Gasteiger partial charge in [0.1, 0.15) is 17.1 Å². The van der Waals surface area contributed by atoms with Crippen molar-refractivity contribution in [2.75, 3.05) is 33.8 Å². The zero-order valence-corrected chi connectivity index (χ0v) is 18.7. The number of ether oxygens (including phenoxy) is 4. The zero-order valence-electron chi connectivity index (χ0n) is 18.7. The number of fused-ring (bicyclic) bond motifs is 1. The van der Waals surface area contributed by atoms with Crippen LogP contribution in [0.2, 0.25) is 0 Å². The molecule has 1 aromatic heterocycles. The first-order chi connectivity index (χ1) is 15.9. The van der Waals surface area contributed by atoms with Crippen molar-refractivity contribution in [1.29, 1.82) is 0 Å². The van der Waals surface area contributed by atoms with Gasteiger partial charge in [0.05, 0.1) is 45.5 Å². The minimum atomic E-state index is -1.15. The predicted octanol–water partition coefficient (Wildman–Crippen LogP) is 3.68. The average Bonchev–Trinajstić information content (AvgIpc) is 3.21. The van der Waals surface area contributed by atoms with Crippen LogP contribution < -0.4 is 24.3 Å². The highest BCUT2D eigenvalue weighted by atomic mass is 16.5. The van der Waals surface area contributed by atoms with E-state index in [0.29, 0.717) is 34.4 Å². The van der Waals surface area contributed by atoms with Crippen LogP contribution in [0.4, 0.5) is 5.69 Å². The molecule has 2 heterocycles. The normalized spacial score (nSPS) is 14.8. The maximum absolute atomic E-state index is 12.6. The molecule has 3 aromatic rings. The lowest BCUT2D eigenvalue weighted by Gasteiger charge is -2.27. The quantitative estimate of drug-likeness (QED) is 0.563. The molecule has 33 heavy (non-hydrogen) atoms. The monoisotopic (exact) mass is 452 g/mol. The third-order valence-electron chi connectivity index (χ3n) is 5.71. The molecule has 1 aliphatic rings. The SMILES string of the molecule is COc1ccc(-n2cc(C(=O)O)c3c2C(c2ccc(OC)c(OC)c2)CC(=O)N3)c(OC)c1. The van der Waals surface area contributed by atoms with Gasteiger partial charge in [0.25, 0.3) is 0 Å². The summed E-state index contributed by atoms with van der Waals surface area (Å²) in [7, 11) is 6.16. The number of anilines is 1. The molecule has 1 unspecified atom stereocenters. The fraction of sp³-hybridized carbons (Fsp3) is 0.250. The zero-order chi connectivity index (χ0) is 23.7. The second-order valence-electron chi connectivity index (χ2n) is 7.44. The molecule has 1 amide bonds. The molecule has 1 aliphatic heterocycles. The van der Waals surface area contributed by atoms with E-state index in [9.17, 15) is 14.7 Å². The number of nitrogens with one attached hydrogen (secondary N) is 1. The van der Waals surface area contributed by atoms with Gasteiger partial charge in [-0.3, -0.25) is 4.79 Å². The fourth-order valence-electron chi connectivity index (χ4n) is 4.16. The smallest absolute Gasteiger partial charge is 0.339 e. The van der Waals surface area contributed by atoms with E-state index in [1.54, 1.807) is 49.1 Å². The van der Waals surface area contributed by atoms with Crippen molar-refractivity contribution in [2.45, 2.75) is 12.3 Å². The molecule has 4 rings (SSSR count). The van der Waals surface area contributed by atoms with Gasteiger partial charge in [-0.15, -0.1) is 0 Å². The molecule has 0 fully saturated rings. The molecule has 0 saturated heterocycles. The number of hydrogen-bond donors (Lipinski definition) is 2. The predicted molar refractivity (Wildman–Crippen MR) is 120 cm³/mol. The number of hydrogen-bond acceptors (Lipinski definition) is 6. The summed E-state index contributed by atoms with van der Waals surface area (Å²) in [5.41, 5.74) is 2.27. The first kappa shape index (κ1) is 22.1. The fourth-order valence-corrected chi connectivity index (χ4v) is 4.16. The largest absolute Gasteiger partial charge is 0.497 e. The molecular weight excluding hydrogens is 428 g/mol. The van der Waals surface area contributed by atoms with E-state index < -0.39 is 11.9 Å². The molecule has 172 valence electrons. The molecule has 0 bridgehead atoms. The number of carbonyl (C=O) groups excluding carboxylic acids is 1. The number of carboxylic acids is 1. The van der Waals surface area contributed by atoms with Crippen molar-refractivity contribution in [3.63, 3.8) is 0 Å². The summed E-state index contributed by atoms with van der Waals surface area (Å²) in [5, 5.41) is 12.6. The van der Waals surface area contributed by atoms with Gasteiger partial charge in [0.2, 0.25) is 5.91 Å². The Balaban J connectivity index is 1.97. The molecule has 0 radical (unpaired) electrons. The van der Waals surface area contributed by atoms with Gasteiger partial charge in [-0.25, -0.2) is 4.79 Å². The average molecular weight is 452 g/mol.